The monoisotopic (exact) mass is 383 g/mol. The van der Waals surface area contributed by atoms with Crippen molar-refractivity contribution in [1.82, 2.24) is 19.7 Å². The lowest BCUT2D eigenvalue weighted by Gasteiger charge is -2.22. The average Bonchev–Trinajstić information content (AvgIpc) is 3.10. The van der Waals surface area contributed by atoms with Crippen LogP contribution in [0.1, 0.15) is 30.1 Å². The molecule has 4 rings (SSSR count). The zero-order valence-electron chi connectivity index (χ0n) is 16.4. The fourth-order valence-electron chi connectivity index (χ4n) is 3.64. The molecular formula is C20H25N5O3. The van der Waals surface area contributed by atoms with E-state index in [1.165, 1.54) is 0 Å². The van der Waals surface area contributed by atoms with Gasteiger partial charge in [0.05, 0.1) is 31.3 Å². The van der Waals surface area contributed by atoms with Gasteiger partial charge in [-0.15, -0.1) is 0 Å². The van der Waals surface area contributed by atoms with Crippen LogP contribution in [0.2, 0.25) is 0 Å². The first-order valence-electron chi connectivity index (χ1n) is 9.43. The second-order valence-corrected chi connectivity index (χ2v) is 6.83. The molecule has 148 valence electrons. The zero-order valence-corrected chi connectivity index (χ0v) is 16.4. The predicted octanol–water partition coefficient (Wildman–Crippen LogP) is 3.12. The summed E-state index contributed by atoms with van der Waals surface area (Å²) < 4.78 is 18.3. The molecule has 1 saturated heterocycles. The highest BCUT2D eigenvalue weighted by atomic mass is 16.5. The number of aryl methyl sites for hydroxylation is 1. The third-order valence-electron chi connectivity index (χ3n) is 5.14. The van der Waals surface area contributed by atoms with Gasteiger partial charge in [0, 0.05) is 31.4 Å². The zero-order chi connectivity index (χ0) is 19.5. The van der Waals surface area contributed by atoms with Crippen molar-refractivity contribution in [3.63, 3.8) is 0 Å². The summed E-state index contributed by atoms with van der Waals surface area (Å²) in [4.78, 5) is 8.98. The van der Waals surface area contributed by atoms with Gasteiger partial charge in [-0.1, -0.05) is 0 Å². The normalized spacial score (nSPS) is 15.0. The second-order valence-electron chi connectivity index (χ2n) is 6.83. The Morgan fingerprint density at radius 3 is 2.75 bits per heavy atom. The van der Waals surface area contributed by atoms with Gasteiger partial charge in [0.15, 0.2) is 5.65 Å². The summed E-state index contributed by atoms with van der Waals surface area (Å²) in [5.41, 5.74) is 2.81. The molecule has 8 nitrogen and oxygen atoms in total. The molecule has 0 amide bonds. The molecule has 3 heterocycles. The Balaban J connectivity index is 1.62. The van der Waals surface area contributed by atoms with Crippen LogP contribution >= 0.6 is 0 Å². The van der Waals surface area contributed by atoms with Crippen molar-refractivity contribution < 1.29 is 14.2 Å². The van der Waals surface area contributed by atoms with Gasteiger partial charge < -0.3 is 19.5 Å². The Bertz CT molecular complexity index is 966. The van der Waals surface area contributed by atoms with Crippen LogP contribution in [0.15, 0.2) is 24.5 Å². The Morgan fingerprint density at radius 1 is 1.18 bits per heavy atom. The molecule has 0 saturated carbocycles. The van der Waals surface area contributed by atoms with Gasteiger partial charge in [-0.25, -0.2) is 14.6 Å². The van der Waals surface area contributed by atoms with E-state index < -0.39 is 0 Å². The molecule has 0 unspecified atom stereocenters. The van der Waals surface area contributed by atoms with Gasteiger partial charge >= 0.3 is 0 Å². The van der Waals surface area contributed by atoms with E-state index in [1.807, 2.05) is 29.8 Å². The maximum absolute atomic E-state index is 5.49. The lowest BCUT2D eigenvalue weighted by Crippen LogP contribution is -2.20. The molecule has 1 N–H and O–H groups in total. The minimum Gasteiger partial charge on any atom is -0.497 e. The van der Waals surface area contributed by atoms with Gasteiger partial charge in [0.2, 0.25) is 0 Å². The standard InChI is InChI=1S/C20H25N5O3/c1-13-18-19(21-11-14-4-5-16(26-2)10-17(14)27-3)22-12-23-20(18)25(24-13)15-6-8-28-9-7-15/h4-5,10,12,15H,6-9,11H2,1-3H3,(H,21,22,23). The SMILES string of the molecule is COc1ccc(CNc2ncnc3c2c(C)nn3C2CCOCC2)c(OC)c1. The Hall–Kier alpha value is -2.87. The topological polar surface area (TPSA) is 83.3 Å². The van der Waals surface area contributed by atoms with Gasteiger partial charge in [-0.3, -0.25) is 0 Å². The Kier molecular flexibility index (Phi) is 5.29. The molecule has 2 aromatic heterocycles. The number of rotatable bonds is 6. The predicted molar refractivity (Wildman–Crippen MR) is 106 cm³/mol. The first-order valence-corrected chi connectivity index (χ1v) is 9.43. The molecule has 1 aromatic carbocycles. The van der Waals surface area contributed by atoms with E-state index in [-0.39, 0.29) is 0 Å². The van der Waals surface area contributed by atoms with E-state index in [4.69, 9.17) is 19.3 Å². The van der Waals surface area contributed by atoms with E-state index in [9.17, 15) is 0 Å². The van der Waals surface area contributed by atoms with Crippen molar-refractivity contribution in [1.29, 1.82) is 0 Å². The van der Waals surface area contributed by atoms with Crippen molar-refractivity contribution in [3.05, 3.63) is 35.8 Å². The molecule has 0 atom stereocenters. The number of nitrogens with zero attached hydrogens (tertiary/aromatic N) is 4. The van der Waals surface area contributed by atoms with E-state index in [0.29, 0.717) is 12.6 Å². The van der Waals surface area contributed by atoms with Crippen molar-refractivity contribution in [2.24, 2.45) is 0 Å². The molecular weight excluding hydrogens is 358 g/mol. The first-order chi connectivity index (χ1) is 13.7. The van der Waals surface area contributed by atoms with E-state index in [0.717, 1.165) is 65.7 Å². The van der Waals surface area contributed by atoms with Crippen LogP contribution in [0, 0.1) is 6.92 Å². The number of methoxy groups -OCH3 is 2. The second kappa shape index (κ2) is 8.02. The number of anilines is 1. The molecule has 0 spiro atoms. The molecule has 0 aliphatic carbocycles. The highest BCUT2D eigenvalue weighted by molar-refractivity contribution is 5.89. The fourth-order valence-corrected chi connectivity index (χ4v) is 3.64. The summed E-state index contributed by atoms with van der Waals surface area (Å²) >= 11 is 0. The minimum absolute atomic E-state index is 0.314. The molecule has 8 heteroatoms. The minimum atomic E-state index is 0.314. The summed E-state index contributed by atoms with van der Waals surface area (Å²) in [5.74, 6) is 2.31. The van der Waals surface area contributed by atoms with Crippen LogP contribution < -0.4 is 14.8 Å². The van der Waals surface area contributed by atoms with Crippen LogP contribution in [-0.4, -0.2) is 47.2 Å². The van der Waals surface area contributed by atoms with Gasteiger partial charge in [0.1, 0.15) is 23.6 Å². The van der Waals surface area contributed by atoms with Gasteiger partial charge in [-0.05, 0) is 31.9 Å². The molecule has 0 radical (unpaired) electrons. The summed E-state index contributed by atoms with van der Waals surface area (Å²) in [5, 5.41) is 9.15. The lowest BCUT2D eigenvalue weighted by molar-refractivity contribution is 0.0672. The number of hydrogen-bond acceptors (Lipinski definition) is 7. The highest BCUT2D eigenvalue weighted by Crippen LogP contribution is 2.30. The summed E-state index contributed by atoms with van der Waals surface area (Å²) in [6.45, 7) is 4.10. The highest BCUT2D eigenvalue weighted by Gasteiger charge is 2.22. The fraction of sp³-hybridized carbons (Fsp3) is 0.450. The Labute approximate surface area is 163 Å². The summed E-state index contributed by atoms with van der Waals surface area (Å²) in [6, 6.07) is 6.10. The number of fused-ring (bicyclic) bond motifs is 1. The van der Waals surface area contributed by atoms with E-state index >= 15 is 0 Å². The average molecular weight is 383 g/mol. The number of hydrogen-bond donors (Lipinski definition) is 1. The maximum atomic E-state index is 5.49. The summed E-state index contributed by atoms with van der Waals surface area (Å²) in [6.07, 6.45) is 3.49. The molecule has 1 aliphatic rings. The first kappa shape index (κ1) is 18.5. The number of aromatic nitrogens is 4. The van der Waals surface area contributed by atoms with Crippen LogP contribution in [-0.2, 0) is 11.3 Å². The molecule has 1 aliphatic heterocycles. The lowest BCUT2D eigenvalue weighted by atomic mass is 10.1. The van der Waals surface area contributed by atoms with Crippen LogP contribution in [0.4, 0.5) is 5.82 Å². The number of benzene rings is 1. The van der Waals surface area contributed by atoms with Crippen LogP contribution in [0.5, 0.6) is 11.5 Å². The van der Waals surface area contributed by atoms with Crippen molar-refractivity contribution >= 4 is 16.9 Å². The third kappa shape index (κ3) is 3.47. The Morgan fingerprint density at radius 2 is 2.00 bits per heavy atom. The number of nitrogens with one attached hydrogen (secondary N) is 1. The quantitative estimate of drug-likeness (QED) is 0.700. The maximum Gasteiger partial charge on any atom is 0.163 e. The van der Waals surface area contributed by atoms with Gasteiger partial charge in [0.25, 0.3) is 0 Å². The van der Waals surface area contributed by atoms with Crippen LogP contribution in [0.3, 0.4) is 0 Å². The van der Waals surface area contributed by atoms with E-state index in [2.05, 4.69) is 15.3 Å². The number of ether oxygens (including phenoxy) is 3. The molecule has 1 fully saturated rings. The smallest absolute Gasteiger partial charge is 0.163 e. The van der Waals surface area contributed by atoms with E-state index in [1.54, 1.807) is 20.5 Å². The molecule has 0 bridgehead atoms. The summed E-state index contributed by atoms with van der Waals surface area (Å²) in [7, 11) is 3.30. The molecule has 3 aromatic rings. The largest absolute Gasteiger partial charge is 0.497 e. The van der Waals surface area contributed by atoms with Crippen molar-refractivity contribution in [3.8, 4) is 11.5 Å². The third-order valence-corrected chi connectivity index (χ3v) is 5.14. The van der Waals surface area contributed by atoms with Crippen molar-refractivity contribution in [2.45, 2.75) is 32.4 Å². The van der Waals surface area contributed by atoms with Crippen LogP contribution in [0.25, 0.3) is 11.0 Å². The molecule has 28 heavy (non-hydrogen) atoms. The van der Waals surface area contributed by atoms with Gasteiger partial charge in [-0.2, -0.15) is 5.10 Å². The van der Waals surface area contributed by atoms with Crippen molar-refractivity contribution in [2.75, 3.05) is 32.8 Å².